The predicted octanol–water partition coefficient (Wildman–Crippen LogP) is 0.782. The molecular formula is C15H25ClN4O4S. The largest absolute Gasteiger partial charge is 0.360 e. The third-order valence-electron chi connectivity index (χ3n) is 4.85. The van der Waals surface area contributed by atoms with Gasteiger partial charge in [0.05, 0.1) is 0 Å². The molecule has 1 amide bonds. The Kier molecular flexibility index (Phi) is 6.13. The van der Waals surface area contributed by atoms with Gasteiger partial charge in [0.1, 0.15) is 16.1 Å². The molecule has 3 N–H and O–H groups in total. The van der Waals surface area contributed by atoms with Gasteiger partial charge in [-0.05, 0) is 39.7 Å². The van der Waals surface area contributed by atoms with E-state index in [9.17, 15) is 13.2 Å². The van der Waals surface area contributed by atoms with Gasteiger partial charge in [-0.25, -0.2) is 8.42 Å². The molecule has 25 heavy (non-hydrogen) atoms. The van der Waals surface area contributed by atoms with Crippen molar-refractivity contribution in [3.63, 3.8) is 0 Å². The predicted molar refractivity (Wildman–Crippen MR) is 94.2 cm³/mol. The van der Waals surface area contributed by atoms with Gasteiger partial charge in [-0.1, -0.05) is 18.0 Å². The number of aryl methyl sites for hydroxylation is 2. The molecule has 1 aliphatic carbocycles. The molecule has 8 nitrogen and oxygen atoms in total. The molecule has 1 saturated heterocycles. The Morgan fingerprint density at radius 2 is 2.00 bits per heavy atom. The molecule has 10 heteroatoms. The maximum Gasteiger partial charge on any atom is 0.246 e. The molecule has 142 valence electrons. The van der Waals surface area contributed by atoms with Crippen LogP contribution in [0.5, 0.6) is 0 Å². The second-order valence-corrected chi connectivity index (χ2v) is 8.33. The molecule has 0 radical (unpaired) electrons. The Morgan fingerprint density at radius 1 is 1.32 bits per heavy atom. The Balaban J connectivity index is 0.00000225. The molecular weight excluding hydrogens is 368 g/mol. The van der Waals surface area contributed by atoms with E-state index in [1.165, 1.54) is 0 Å². The Morgan fingerprint density at radius 3 is 2.52 bits per heavy atom. The summed E-state index contributed by atoms with van der Waals surface area (Å²) in [6, 6.07) is 0.0542. The quantitative estimate of drug-likeness (QED) is 0.682. The average molecular weight is 393 g/mol. The minimum atomic E-state index is -3.88. The summed E-state index contributed by atoms with van der Waals surface area (Å²) < 4.78 is 33.3. The maximum absolute atomic E-state index is 12.8. The smallest absolute Gasteiger partial charge is 0.246 e. The van der Waals surface area contributed by atoms with E-state index in [4.69, 9.17) is 4.52 Å². The van der Waals surface area contributed by atoms with Crippen molar-refractivity contribution >= 4 is 28.3 Å². The van der Waals surface area contributed by atoms with Gasteiger partial charge in [-0.2, -0.15) is 4.72 Å². The highest BCUT2D eigenvalue weighted by Crippen LogP contribution is 2.33. The van der Waals surface area contributed by atoms with E-state index >= 15 is 0 Å². The lowest BCUT2D eigenvalue weighted by molar-refractivity contribution is -0.127. The number of halogens is 1. The van der Waals surface area contributed by atoms with E-state index in [1.54, 1.807) is 13.8 Å². The zero-order valence-electron chi connectivity index (χ0n) is 14.4. The molecule has 1 saturated carbocycles. The van der Waals surface area contributed by atoms with E-state index in [2.05, 4.69) is 20.5 Å². The maximum atomic E-state index is 12.8. The van der Waals surface area contributed by atoms with Gasteiger partial charge < -0.3 is 15.2 Å². The van der Waals surface area contributed by atoms with Crippen molar-refractivity contribution in [2.75, 3.05) is 13.1 Å². The molecule has 3 rings (SSSR count). The van der Waals surface area contributed by atoms with E-state index in [-0.39, 0.29) is 35.0 Å². The van der Waals surface area contributed by atoms with Crippen LogP contribution in [0.25, 0.3) is 0 Å². The first-order chi connectivity index (χ1) is 11.3. The average Bonchev–Trinajstić information content (AvgIpc) is 3.22. The minimum absolute atomic E-state index is 0. The van der Waals surface area contributed by atoms with Gasteiger partial charge in [0.25, 0.3) is 0 Å². The Hall–Kier alpha value is -1.16. The topological polar surface area (TPSA) is 113 Å². The highest BCUT2D eigenvalue weighted by atomic mass is 35.5. The summed E-state index contributed by atoms with van der Waals surface area (Å²) in [5.41, 5.74) is -0.786. The van der Waals surface area contributed by atoms with E-state index in [1.807, 2.05) is 0 Å². The number of nitrogens with one attached hydrogen (secondary N) is 3. The summed E-state index contributed by atoms with van der Waals surface area (Å²) in [7, 11) is -3.88. The normalized spacial score (nSPS) is 22.6. The van der Waals surface area contributed by atoms with E-state index in [0.717, 1.165) is 32.4 Å². The molecule has 0 bridgehead atoms. The lowest BCUT2D eigenvalue weighted by atomic mass is 9.97. The second-order valence-electron chi connectivity index (χ2n) is 6.71. The lowest BCUT2D eigenvalue weighted by Gasteiger charge is -2.30. The monoisotopic (exact) mass is 392 g/mol. The van der Waals surface area contributed by atoms with Crippen molar-refractivity contribution in [2.24, 2.45) is 0 Å². The number of aromatic nitrogens is 1. The van der Waals surface area contributed by atoms with Crippen LogP contribution in [0.15, 0.2) is 9.42 Å². The molecule has 1 unspecified atom stereocenters. The highest BCUT2D eigenvalue weighted by molar-refractivity contribution is 7.89. The number of carbonyl (C=O) groups excluding carboxylic acids is 1. The number of nitrogens with zero attached hydrogens (tertiary/aromatic N) is 1. The SMILES string of the molecule is Cc1noc(C)c1S(=O)(=O)NC1(C(=O)NC2CCNC2)CCCC1.Cl. The molecule has 2 heterocycles. The first kappa shape index (κ1) is 20.2. The molecule has 2 fully saturated rings. The molecule has 1 aromatic rings. The highest BCUT2D eigenvalue weighted by Gasteiger charge is 2.46. The van der Waals surface area contributed by atoms with E-state index < -0.39 is 15.6 Å². The van der Waals surface area contributed by atoms with Gasteiger partial charge in [-0.3, -0.25) is 4.79 Å². The van der Waals surface area contributed by atoms with Crippen LogP contribution in [0, 0.1) is 13.8 Å². The Bertz CT molecular complexity index is 702. The first-order valence-corrected chi connectivity index (χ1v) is 9.81. The fourth-order valence-electron chi connectivity index (χ4n) is 3.62. The van der Waals surface area contributed by atoms with Gasteiger partial charge in [0.15, 0.2) is 5.76 Å². The molecule has 1 aliphatic heterocycles. The van der Waals surface area contributed by atoms with Crippen molar-refractivity contribution in [1.29, 1.82) is 0 Å². The van der Waals surface area contributed by atoms with Gasteiger partial charge in [0, 0.05) is 12.6 Å². The van der Waals surface area contributed by atoms with E-state index in [0.29, 0.717) is 18.5 Å². The first-order valence-electron chi connectivity index (χ1n) is 8.33. The van der Waals surface area contributed by atoms with Crippen molar-refractivity contribution in [2.45, 2.75) is 62.4 Å². The standard InChI is InChI=1S/C15H24N4O4S.ClH/c1-10-13(11(2)23-18-10)24(21,22)19-15(6-3-4-7-15)14(20)17-12-5-8-16-9-12;/h12,16,19H,3-9H2,1-2H3,(H,17,20);1H. The van der Waals surface area contributed by atoms with Gasteiger partial charge in [-0.15, -0.1) is 12.4 Å². The van der Waals surface area contributed by atoms with Gasteiger partial charge >= 0.3 is 0 Å². The fourth-order valence-corrected chi connectivity index (χ4v) is 5.38. The minimum Gasteiger partial charge on any atom is -0.360 e. The summed E-state index contributed by atoms with van der Waals surface area (Å²) in [6.45, 7) is 4.72. The van der Waals surface area contributed by atoms with Crippen LogP contribution in [-0.2, 0) is 14.8 Å². The van der Waals surface area contributed by atoms with Crippen LogP contribution in [-0.4, -0.2) is 44.2 Å². The van der Waals surface area contributed by atoms with Crippen LogP contribution in [0.4, 0.5) is 0 Å². The number of sulfonamides is 1. The summed E-state index contributed by atoms with van der Waals surface area (Å²) in [6.07, 6.45) is 3.50. The Labute approximate surface area is 153 Å². The number of rotatable bonds is 5. The third-order valence-corrected chi connectivity index (χ3v) is 6.63. The number of hydrogen-bond donors (Lipinski definition) is 3. The van der Waals surface area contributed by atoms with Crippen LogP contribution in [0.2, 0.25) is 0 Å². The fraction of sp³-hybridized carbons (Fsp3) is 0.733. The summed E-state index contributed by atoms with van der Waals surface area (Å²) >= 11 is 0. The van der Waals surface area contributed by atoms with Crippen LogP contribution >= 0.6 is 12.4 Å². The van der Waals surface area contributed by atoms with Crippen LogP contribution < -0.4 is 15.4 Å². The molecule has 1 aromatic heterocycles. The lowest BCUT2D eigenvalue weighted by Crippen LogP contribution is -2.59. The number of carbonyl (C=O) groups is 1. The molecule has 2 aliphatic rings. The molecule has 0 aromatic carbocycles. The number of amides is 1. The number of hydrogen-bond acceptors (Lipinski definition) is 6. The van der Waals surface area contributed by atoms with Crippen molar-refractivity contribution in [3.8, 4) is 0 Å². The van der Waals surface area contributed by atoms with Crippen molar-refractivity contribution in [1.82, 2.24) is 20.5 Å². The summed E-state index contributed by atoms with van der Waals surface area (Å²) in [4.78, 5) is 12.9. The van der Waals surface area contributed by atoms with Crippen molar-refractivity contribution in [3.05, 3.63) is 11.5 Å². The summed E-state index contributed by atoms with van der Waals surface area (Å²) in [5.74, 6) is -0.00224. The molecule has 1 atom stereocenters. The third kappa shape index (κ3) is 3.99. The van der Waals surface area contributed by atoms with Crippen molar-refractivity contribution < 1.29 is 17.7 Å². The zero-order valence-corrected chi connectivity index (χ0v) is 16.1. The summed E-state index contributed by atoms with van der Waals surface area (Å²) in [5, 5.41) is 9.89. The van der Waals surface area contributed by atoms with Crippen LogP contribution in [0.3, 0.4) is 0 Å². The second kappa shape index (κ2) is 7.61. The molecule has 0 spiro atoms. The van der Waals surface area contributed by atoms with Crippen LogP contribution in [0.1, 0.15) is 43.6 Å². The van der Waals surface area contributed by atoms with Gasteiger partial charge in [0.2, 0.25) is 15.9 Å². The zero-order chi connectivity index (χ0) is 17.4.